The lowest BCUT2D eigenvalue weighted by Gasteiger charge is -2.56. The average Bonchev–Trinajstić information content (AvgIpc) is 2.81. The number of methoxy groups -OCH3 is 1. The fourth-order valence-corrected chi connectivity index (χ4v) is 5.71. The second kappa shape index (κ2) is 8.84. The molecule has 3 aromatic rings. The Morgan fingerprint density at radius 3 is 2.57 bits per heavy atom. The fraction of sp³-hybridized carbons (Fsp3) is 0.259. The number of benzene rings is 3. The number of amides is 1. The maximum Gasteiger partial charge on any atom is 0.236 e. The van der Waals surface area contributed by atoms with Crippen LogP contribution in [-0.4, -0.2) is 23.9 Å². The summed E-state index contributed by atoms with van der Waals surface area (Å²) in [7, 11) is 1.62. The Hall–Kier alpha value is -3.10. The number of thiocarbonyl (C=S) groups is 1. The first kappa shape index (κ1) is 23.6. The van der Waals surface area contributed by atoms with Crippen molar-refractivity contribution in [2.75, 3.05) is 17.3 Å². The summed E-state index contributed by atoms with van der Waals surface area (Å²) in [5.41, 5.74) is 3.50. The highest BCUT2D eigenvalue weighted by Crippen LogP contribution is 2.50. The van der Waals surface area contributed by atoms with Crippen molar-refractivity contribution in [2.45, 2.75) is 32.5 Å². The van der Waals surface area contributed by atoms with Gasteiger partial charge in [0.05, 0.1) is 13.2 Å². The molecule has 2 bridgehead atoms. The molecule has 2 heterocycles. The van der Waals surface area contributed by atoms with E-state index in [2.05, 4.69) is 32.6 Å². The minimum Gasteiger partial charge on any atom is -0.497 e. The number of halogens is 1. The van der Waals surface area contributed by atoms with Gasteiger partial charge in [-0.25, -0.2) is 0 Å². The Kier molecular flexibility index (Phi) is 5.97. The van der Waals surface area contributed by atoms with Gasteiger partial charge >= 0.3 is 0 Å². The molecule has 1 saturated heterocycles. The van der Waals surface area contributed by atoms with Crippen LogP contribution in [0.15, 0.2) is 65.1 Å². The molecule has 0 unspecified atom stereocenters. The lowest BCUT2D eigenvalue weighted by molar-refractivity contribution is -0.130. The number of anilines is 2. The van der Waals surface area contributed by atoms with Crippen molar-refractivity contribution in [3.8, 4) is 11.5 Å². The van der Waals surface area contributed by atoms with E-state index in [1.54, 1.807) is 7.11 Å². The minimum atomic E-state index is -1.08. The summed E-state index contributed by atoms with van der Waals surface area (Å²) in [5.74, 6) is 0.590. The second-order valence-corrected chi connectivity index (χ2v) is 10.4. The molecule has 1 fully saturated rings. The Balaban J connectivity index is 1.63. The lowest BCUT2D eigenvalue weighted by atomic mass is 9.78. The van der Waals surface area contributed by atoms with E-state index in [1.165, 1.54) is 0 Å². The van der Waals surface area contributed by atoms with Crippen LogP contribution in [0.1, 0.15) is 29.7 Å². The van der Waals surface area contributed by atoms with Crippen molar-refractivity contribution in [1.82, 2.24) is 5.32 Å². The number of nitrogens with zero attached hydrogens (tertiary/aromatic N) is 1. The second-order valence-electron chi connectivity index (χ2n) is 9.08. The van der Waals surface area contributed by atoms with Gasteiger partial charge in [0, 0.05) is 21.4 Å². The molecular formula is C27H26BrN3O3S. The van der Waals surface area contributed by atoms with Crippen LogP contribution in [0.5, 0.6) is 11.5 Å². The quantitative estimate of drug-likeness (QED) is 0.395. The number of ether oxygens (including phenoxy) is 2. The maximum absolute atomic E-state index is 14.0. The van der Waals surface area contributed by atoms with Crippen molar-refractivity contribution >= 4 is 50.5 Å². The van der Waals surface area contributed by atoms with Crippen LogP contribution < -0.4 is 25.0 Å². The molecule has 35 heavy (non-hydrogen) atoms. The van der Waals surface area contributed by atoms with Crippen LogP contribution >= 0.6 is 28.1 Å². The fourth-order valence-electron chi connectivity index (χ4n) is 5.03. The van der Waals surface area contributed by atoms with Gasteiger partial charge in [-0.1, -0.05) is 33.6 Å². The first-order valence-electron chi connectivity index (χ1n) is 11.3. The van der Waals surface area contributed by atoms with Gasteiger partial charge in [0.25, 0.3) is 0 Å². The van der Waals surface area contributed by atoms with Gasteiger partial charge in [-0.2, -0.15) is 0 Å². The van der Waals surface area contributed by atoms with E-state index in [0.717, 1.165) is 32.5 Å². The molecule has 180 valence electrons. The summed E-state index contributed by atoms with van der Waals surface area (Å²) in [5, 5.41) is 7.07. The zero-order valence-corrected chi connectivity index (χ0v) is 22.3. The number of rotatable bonds is 4. The van der Waals surface area contributed by atoms with Crippen molar-refractivity contribution in [3.63, 3.8) is 0 Å². The third-order valence-electron chi connectivity index (χ3n) is 6.71. The van der Waals surface area contributed by atoms with Crippen molar-refractivity contribution in [1.29, 1.82) is 0 Å². The molecule has 0 saturated carbocycles. The summed E-state index contributed by atoms with van der Waals surface area (Å²) < 4.78 is 13.1. The SMILES string of the molecule is COc1ccc2c(c1)[C@H]1NC(=S)N(c3ccc(Br)cc3)[C@@](C)(O2)[C@@H]1C(=O)Nc1ccc(C)cc1C. The molecule has 3 aromatic carbocycles. The molecule has 0 aromatic heterocycles. The lowest BCUT2D eigenvalue weighted by Crippen LogP contribution is -2.72. The van der Waals surface area contributed by atoms with E-state index in [4.69, 9.17) is 21.7 Å². The largest absolute Gasteiger partial charge is 0.497 e. The van der Waals surface area contributed by atoms with Gasteiger partial charge in [0.2, 0.25) is 5.91 Å². The Morgan fingerprint density at radius 2 is 1.89 bits per heavy atom. The van der Waals surface area contributed by atoms with Crippen molar-refractivity contribution in [2.24, 2.45) is 5.92 Å². The third-order valence-corrected chi connectivity index (χ3v) is 7.54. The van der Waals surface area contributed by atoms with Crippen LogP contribution in [0.2, 0.25) is 0 Å². The van der Waals surface area contributed by atoms with Gasteiger partial charge in [-0.05, 0) is 87.1 Å². The van der Waals surface area contributed by atoms with E-state index >= 15 is 0 Å². The van der Waals surface area contributed by atoms with E-state index in [0.29, 0.717) is 16.6 Å². The van der Waals surface area contributed by atoms with E-state index in [1.807, 2.05) is 80.3 Å². The molecule has 2 aliphatic rings. The predicted octanol–water partition coefficient (Wildman–Crippen LogP) is 5.87. The molecule has 8 heteroatoms. The Labute approximate surface area is 218 Å². The number of hydrogen-bond donors (Lipinski definition) is 2. The third kappa shape index (κ3) is 4.04. The summed E-state index contributed by atoms with van der Waals surface area (Å²) in [6.45, 7) is 5.95. The van der Waals surface area contributed by atoms with Gasteiger partial charge in [-0.15, -0.1) is 0 Å². The Morgan fingerprint density at radius 1 is 1.14 bits per heavy atom. The van der Waals surface area contributed by atoms with Crippen molar-refractivity contribution in [3.05, 3.63) is 81.8 Å². The van der Waals surface area contributed by atoms with E-state index in [9.17, 15) is 4.79 Å². The predicted molar refractivity (Wildman–Crippen MR) is 145 cm³/mol. The maximum atomic E-state index is 14.0. The molecule has 1 amide bonds. The monoisotopic (exact) mass is 551 g/mol. The van der Waals surface area contributed by atoms with Gasteiger partial charge < -0.3 is 20.1 Å². The number of nitrogens with one attached hydrogen (secondary N) is 2. The van der Waals surface area contributed by atoms with Crippen molar-refractivity contribution < 1.29 is 14.3 Å². The van der Waals surface area contributed by atoms with E-state index in [-0.39, 0.29) is 5.91 Å². The average molecular weight is 552 g/mol. The highest BCUT2D eigenvalue weighted by Gasteiger charge is 2.59. The highest BCUT2D eigenvalue weighted by atomic mass is 79.9. The molecular weight excluding hydrogens is 526 g/mol. The van der Waals surface area contributed by atoms with Crippen LogP contribution in [0.4, 0.5) is 11.4 Å². The summed E-state index contributed by atoms with van der Waals surface area (Å²) in [6, 6.07) is 19.0. The number of aryl methyl sites for hydroxylation is 2. The van der Waals surface area contributed by atoms with E-state index < -0.39 is 17.7 Å². The van der Waals surface area contributed by atoms with Gasteiger partial charge in [-0.3, -0.25) is 9.69 Å². The first-order valence-corrected chi connectivity index (χ1v) is 12.5. The number of carbonyl (C=O) groups is 1. The zero-order valence-electron chi connectivity index (χ0n) is 19.9. The van der Waals surface area contributed by atoms with Gasteiger partial charge in [0.15, 0.2) is 10.8 Å². The van der Waals surface area contributed by atoms with Gasteiger partial charge in [0.1, 0.15) is 17.4 Å². The normalized spacial score (nSPS) is 22.5. The Bertz CT molecular complexity index is 1330. The molecule has 5 rings (SSSR count). The highest BCUT2D eigenvalue weighted by molar-refractivity contribution is 9.10. The number of carbonyl (C=O) groups excluding carboxylic acids is 1. The summed E-state index contributed by atoms with van der Waals surface area (Å²) >= 11 is 9.32. The first-order chi connectivity index (χ1) is 16.7. The zero-order chi connectivity index (χ0) is 24.9. The van der Waals surface area contributed by atoms with Crippen LogP contribution in [0.3, 0.4) is 0 Å². The molecule has 0 spiro atoms. The molecule has 2 aliphatic heterocycles. The number of hydrogen-bond acceptors (Lipinski definition) is 4. The smallest absolute Gasteiger partial charge is 0.236 e. The molecule has 3 atom stereocenters. The standard InChI is InChI=1S/C27H26BrN3O3S/c1-15-5-11-21(16(2)13-15)29-25(32)23-24-20-14-19(33-4)10-12-22(20)34-27(23,3)31(26(35)30-24)18-8-6-17(28)7-9-18/h5-14,23-24H,1-4H3,(H,29,32)(H,30,35)/t23-,24+,27-/m0/s1. The summed E-state index contributed by atoms with van der Waals surface area (Å²) in [6.07, 6.45) is 0. The topological polar surface area (TPSA) is 62.8 Å². The number of fused-ring (bicyclic) bond motifs is 4. The molecule has 6 nitrogen and oxygen atoms in total. The minimum absolute atomic E-state index is 0.157. The molecule has 0 radical (unpaired) electrons. The van der Waals surface area contributed by atoms with Crippen LogP contribution in [0, 0.1) is 19.8 Å². The molecule has 0 aliphatic carbocycles. The summed E-state index contributed by atoms with van der Waals surface area (Å²) in [4.78, 5) is 15.9. The van der Waals surface area contributed by atoms with Crippen LogP contribution in [-0.2, 0) is 4.79 Å². The molecule has 2 N–H and O–H groups in total. The van der Waals surface area contributed by atoms with Crippen LogP contribution in [0.25, 0.3) is 0 Å².